The molecule has 1 aromatic rings. The molecule has 0 fully saturated rings. The third-order valence-corrected chi connectivity index (χ3v) is 5.72. The number of aliphatic carboxylic acids is 1. The summed E-state index contributed by atoms with van der Waals surface area (Å²) in [6, 6.07) is 10.00. The van der Waals surface area contributed by atoms with E-state index in [9.17, 15) is 14.7 Å². The molecule has 0 spiro atoms. The summed E-state index contributed by atoms with van der Waals surface area (Å²) < 4.78 is 5.17. The van der Waals surface area contributed by atoms with Crippen molar-refractivity contribution in [1.29, 1.82) is 0 Å². The predicted octanol–water partition coefficient (Wildman–Crippen LogP) is 5.22. The highest BCUT2D eigenvalue weighted by Gasteiger charge is 2.17. The number of ether oxygens (including phenoxy) is 1. The number of hydrogen-bond donors (Lipinski definition) is 3. The number of alkyl carbamates (subject to hydrolysis) is 1. The normalized spacial score (nSPS) is 12.4. The lowest BCUT2D eigenvalue weighted by Gasteiger charge is -2.19. The molecule has 1 rings (SSSR count). The van der Waals surface area contributed by atoms with Gasteiger partial charge in [-0.2, -0.15) is 11.8 Å². The van der Waals surface area contributed by atoms with Crippen LogP contribution in [0.3, 0.4) is 0 Å². The second-order valence-electron chi connectivity index (χ2n) is 8.72. The van der Waals surface area contributed by atoms with Crippen molar-refractivity contribution < 1.29 is 19.4 Å². The SMILES string of the molecule is CC(C)(C)OC(=O)NCCCC[C@H](NCCCCCCSCc1ccccc1)C(=O)O. The van der Waals surface area contributed by atoms with E-state index >= 15 is 0 Å². The van der Waals surface area contributed by atoms with Gasteiger partial charge in [-0.15, -0.1) is 0 Å². The molecule has 176 valence electrons. The molecular formula is C24H40N2O4S. The summed E-state index contributed by atoms with van der Waals surface area (Å²) in [5.41, 5.74) is 0.862. The zero-order valence-electron chi connectivity index (χ0n) is 19.3. The van der Waals surface area contributed by atoms with Crippen LogP contribution in [0.4, 0.5) is 4.79 Å². The van der Waals surface area contributed by atoms with Crippen LogP contribution in [0.15, 0.2) is 30.3 Å². The minimum Gasteiger partial charge on any atom is -0.480 e. The smallest absolute Gasteiger partial charge is 0.407 e. The Balaban J connectivity index is 2.00. The molecule has 0 saturated heterocycles. The summed E-state index contributed by atoms with van der Waals surface area (Å²) >= 11 is 1.97. The van der Waals surface area contributed by atoms with Gasteiger partial charge in [0.25, 0.3) is 0 Å². The Bertz CT molecular complexity index is 620. The molecule has 0 unspecified atom stereocenters. The van der Waals surface area contributed by atoms with Crippen LogP contribution in [0.2, 0.25) is 0 Å². The standard InChI is InChI=1S/C24H40N2O4S/c1-24(2,3)30-23(29)26-17-11-9-15-21(22(27)28)25-16-10-4-5-12-18-31-19-20-13-7-6-8-14-20/h6-8,13-14,21,25H,4-5,9-12,15-19H2,1-3H3,(H,26,29)(H,27,28)/t21-/m0/s1. The van der Waals surface area contributed by atoms with Gasteiger partial charge in [0, 0.05) is 12.3 Å². The molecular weight excluding hydrogens is 412 g/mol. The number of unbranched alkanes of at least 4 members (excludes halogenated alkanes) is 4. The Labute approximate surface area is 191 Å². The molecule has 1 aromatic carbocycles. The molecule has 1 atom stereocenters. The molecule has 7 heteroatoms. The summed E-state index contributed by atoms with van der Waals surface area (Å²) in [6.45, 7) is 6.68. The Hall–Kier alpha value is -1.73. The minimum atomic E-state index is -0.808. The van der Waals surface area contributed by atoms with Gasteiger partial charge in [-0.3, -0.25) is 4.79 Å². The Morgan fingerprint density at radius 2 is 1.68 bits per heavy atom. The number of hydrogen-bond acceptors (Lipinski definition) is 5. The number of thioether (sulfide) groups is 1. The number of carboxylic acid groups (broad SMARTS) is 1. The van der Waals surface area contributed by atoms with E-state index in [1.54, 1.807) is 0 Å². The largest absolute Gasteiger partial charge is 0.480 e. The van der Waals surface area contributed by atoms with Crippen LogP contribution >= 0.6 is 11.8 Å². The minimum absolute atomic E-state index is 0.432. The molecule has 3 N–H and O–H groups in total. The predicted molar refractivity (Wildman–Crippen MR) is 129 cm³/mol. The van der Waals surface area contributed by atoms with Gasteiger partial charge in [0.2, 0.25) is 0 Å². The third kappa shape index (κ3) is 15.7. The highest BCUT2D eigenvalue weighted by molar-refractivity contribution is 7.98. The van der Waals surface area contributed by atoms with Crippen LogP contribution in [0.25, 0.3) is 0 Å². The van der Waals surface area contributed by atoms with Crippen LogP contribution in [0, 0.1) is 0 Å². The molecule has 0 saturated carbocycles. The zero-order valence-corrected chi connectivity index (χ0v) is 20.1. The first-order chi connectivity index (χ1) is 14.8. The third-order valence-electron chi connectivity index (χ3n) is 4.60. The van der Waals surface area contributed by atoms with E-state index in [1.165, 1.54) is 18.4 Å². The second-order valence-corrected chi connectivity index (χ2v) is 9.83. The van der Waals surface area contributed by atoms with Gasteiger partial charge in [-0.1, -0.05) is 43.2 Å². The number of carboxylic acids is 1. The molecule has 0 bridgehead atoms. The molecule has 6 nitrogen and oxygen atoms in total. The van der Waals surface area contributed by atoms with Crippen LogP contribution < -0.4 is 10.6 Å². The average Bonchev–Trinajstić information content (AvgIpc) is 2.70. The van der Waals surface area contributed by atoms with Crippen molar-refractivity contribution in [3.8, 4) is 0 Å². The molecule has 0 aliphatic heterocycles. The maximum Gasteiger partial charge on any atom is 0.407 e. The molecule has 1 amide bonds. The van der Waals surface area contributed by atoms with Crippen LogP contribution in [-0.4, -0.2) is 47.7 Å². The van der Waals surface area contributed by atoms with Crippen molar-refractivity contribution in [1.82, 2.24) is 10.6 Å². The van der Waals surface area contributed by atoms with Crippen molar-refractivity contribution in [2.75, 3.05) is 18.8 Å². The maximum absolute atomic E-state index is 11.6. The van der Waals surface area contributed by atoms with E-state index in [1.807, 2.05) is 38.6 Å². The first-order valence-corrected chi connectivity index (χ1v) is 12.5. The topological polar surface area (TPSA) is 87.7 Å². The Kier molecular flexibility index (Phi) is 14.1. The highest BCUT2D eigenvalue weighted by Crippen LogP contribution is 2.14. The number of carbonyl (C=O) groups is 2. The highest BCUT2D eigenvalue weighted by atomic mass is 32.2. The fourth-order valence-corrected chi connectivity index (χ4v) is 3.99. The number of rotatable bonds is 16. The molecule has 0 radical (unpaired) electrons. The van der Waals surface area contributed by atoms with Crippen molar-refractivity contribution in [2.24, 2.45) is 0 Å². The molecule has 0 aliphatic rings. The van der Waals surface area contributed by atoms with Crippen molar-refractivity contribution in [3.63, 3.8) is 0 Å². The summed E-state index contributed by atoms with van der Waals surface area (Å²) in [5.74, 6) is 1.42. The maximum atomic E-state index is 11.6. The van der Waals surface area contributed by atoms with E-state index in [-0.39, 0.29) is 0 Å². The molecule has 0 heterocycles. The molecule has 0 aliphatic carbocycles. The monoisotopic (exact) mass is 452 g/mol. The van der Waals surface area contributed by atoms with Gasteiger partial charge < -0.3 is 20.5 Å². The van der Waals surface area contributed by atoms with Crippen LogP contribution in [-0.2, 0) is 15.3 Å². The summed E-state index contributed by atoms with van der Waals surface area (Å²) in [7, 11) is 0. The molecule has 0 aromatic heterocycles. The van der Waals surface area contributed by atoms with Crippen molar-refractivity contribution >= 4 is 23.8 Å². The van der Waals surface area contributed by atoms with Crippen LogP contribution in [0.1, 0.15) is 71.3 Å². The second kappa shape index (κ2) is 16.0. The quantitative estimate of drug-likeness (QED) is 0.298. The van der Waals surface area contributed by atoms with E-state index in [0.717, 1.165) is 43.7 Å². The lowest BCUT2D eigenvalue weighted by Crippen LogP contribution is -2.37. The first kappa shape index (κ1) is 27.3. The van der Waals surface area contributed by atoms with Gasteiger partial charge in [0.05, 0.1) is 0 Å². The van der Waals surface area contributed by atoms with Gasteiger partial charge in [-0.25, -0.2) is 4.79 Å². The zero-order chi connectivity index (χ0) is 23.0. The lowest BCUT2D eigenvalue weighted by atomic mass is 10.1. The summed E-state index contributed by atoms with van der Waals surface area (Å²) in [5, 5.41) is 15.2. The van der Waals surface area contributed by atoms with E-state index in [2.05, 4.69) is 34.9 Å². The fourth-order valence-electron chi connectivity index (χ4n) is 3.01. The van der Waals surface area contributed by atoms with Gasteiger partial charge in [0.15, 0.2) is 0 Å². The van der Waals surface area contributed by atoms with Gasteiger partial charge in [0.1, 0.15) is 11.6 Å². The van der Waals surface area contributed by atoms with E-state index in [0.29, 0.717) is 13.0 Å². The number of carbonyl (C=O) groups excluding carboxylic acids is 1. The average molecular weight is 453 g/mol. The fraction of sp³-hybridized carbons (Fsp3) is 0.667. The first-order valence-electron chi connectivity index (χ1n) is 11.3. The summed E-state index contributed by atoms with van der Waals surface area (Å²) in [6.07, 6.45) is 6.07. The van der Waals surface area contributed by atoms with Crippen molar-refractivity contribution in [2.45, 2.75) is 83.1 Å². The number of nitrogens with one attached hydrogen (secondary N) is 2. The van der Waals surface area contributed by atoms with E-state index < -0.39 is 23.7 Å². The Morgan fingerprint density at radius 1 is 1.00 bits per heavy atom. The number of benzene rings is 1. The Morgan fingerprint density at radius 3 is 2.35 bits per heavy atom. The lowest BCUT2D eigenvalue weighted by molar-refractivity contribution is -0.139. The van der Waals surface area contributed by atoms with E-state index in [4.69, 9.17) is 4.74 Å². The van der Waals surface area contributed by atoms with Crippen LogP contribution in [0.5, 0.6) is 0 Å². The van der Waals surface area contributed by atoms with Gasteiger partial charge in [-0.05, 0) is 70.7 Å². The molecule has 31 heavy (non-hydrogen) atoms. The summed E-state index contributed by atoms with van der Waals surface area (Å²) in [4.78, 5) is 23.0. The van der Waals surface area contributed by atoms with Gasteiger partial charge >= 0.3 is 12.1 Å². The van der Waals surface area contributed by atoms with Crippen molar-refractivity contribution in [3.05, 3.63) is 35.9 Å². The number of amides is 1.